The molecule has 4 nitrogen and oxygen atoms in total. The number of likely N-dealkylation sites (tertiary alicyclic amines) is 1. The zero-order valence-electron chi connectivity index (χ0n) is 16.6. The van der Waals surface area contributed by atoms with Gasteiger partial charge in [0.25, 0.3) is 5.91 Å². The summed E-state index contributed by atoms with van der Waals surface area (Å²) in [5.41, 5.74) is 6.57. The van der Waals surface area contributed by atoms with Gasteiger partial charge in [-0.1, -0.05) is 30.3 Å². The molecule has 0 N–H and O–H groups in total. The monoisotopic (exact) mass is 374 g/mol. The molecule has 1 aromatic heterocycles. The van der Waals surface area contributed by atoms with Gasteiger partial charge in [-0.25, -0.2) is 0 Å². The van der Waals surface area contributed by atoms with E-state index < -0.39 is 0 Å². The van der Waals surface area contributed by atoms with Gasteiger partial charge in [0, 0.05) is 29.7 Å². The zero-order chi connectivity index (χ0) is 19.3. The summed E-state index contributed by atoms with van der Waals surface area (Å²) in [6.45, 7) is 8.09. The second-order valence-corrected chi connectivity index (χ2v) is 8.11. The van der Waals surface area contributed by atoms with Gasteiger partial charge in [-0.2, -0.15) is 0 Å². The Kier molecular flexibility index (Phi) is 4.24. The van der Waals surface area contributed by atoms with Gasteiger partial charge in [-0.05, 0) is 69.0 Å². The van der Waals surface area contributed by atoms with Crippen LogP contribution in [0.2, 0.25) is 0 Å². The van der Waals surface area contributed by atoms with Gasteiger partial charge in [0.1, 0.15) is 5.58 Å². The minimum atomic E-state index is -0.0230. The van der Waals surface area contributed by atoms with Gasteiger partial charge >= 0.3 is 0 Å². The molecule has 2 aromatic carbocycles. The minimum Gasteiger partial charge on any atom is -0.450 e. The Balaban J connectivity index is 1.49. The second kappa shape index (κ2) is 6.78. The third-order valence-corrected chi connectivity index (χ3v) is 6.32. The Labute approximate surface area is 165 Å². The first-order valence-electron chi connectivity index (χ1n) is 10.3. The fourth-order valence-electron chi connectivity index (χ4n) is 4.76. The molecule has 0 bridgehead atoms. The van der Waals surface area contributed by atoms with Crippen LogP contribution in [0.1, 0.15) is 45.7 Å². The van der Waals surface area contributed by atoms with Crippen molar-refractivity contribution < 1.29 is 9.21 Å². The maximum absolute atomic E-state index is 13.4. The van der Waals surface area contributed by atoms with Crippen molar-refractivity contribution in [2.45, 2.75) is 39.7 Å². The summed E-state index contributed by atoms with van der Waals surface area (Å²) in [5, 5.41) is 1.03. The summed E-state index contributed by atoms with van der Waals surface area (Å²) in [7, 11) is 0. The maximum Gasteiger partial charge on any atom is 0.294 e. The molecule has 0 atom stereocenters. The minimum absolute atomic E-state index is 0.0230. The molecule has 0 aliphatic carbocycles. The van der Waals surface area contributed by atoms with Gasteiger partial charge in [0.2, 0.25) is 0 Å². The molecule has 1 amide bonds. The second-order valence-electron chi connectivity index (χ2n) is 8.11. The molecule has 144 valence electrons. The molecule has 3 heterocycles. The molecule has 0 saturated carbocycles. The van der Waals surface area contributed by atoms with Crippen LogP contribution in [0.25, 0.3) is 11.0 Å². The van der Waals surface area contributed by atoms with Crippen LogP contribution in [0.15, 0.2) is 40.8 Å². The van der Waals surface area contributed by atoms with Crippen molar-refractivity contribution in [3.05, 3.63) is 64.4 Å². The van der Waals surface area contributed by atoms with E-state index in [-0.39, 0.29) is 5.91 Å². The van der Waals surface area contributed by atoms with E-state index in [1.807, 2.05) is 36.9 Å². The van der Waals surface area contributed by atoms with Crippen LogP contribution in [-0.2, 0) is 13.0 Å². The van der Waals surface area contributed by atoms with Crippen molar-refractivity contribution in [3.63, 3.8) is 0 Å². The fourth-order valence-corrected chi connectivity index (χ4v) is 4.76. The number of furan rings is 1. The molecule has 5 rings (SSSR count). The number of benzene rings is 2. The van der Waals surface area contributed by atoms with Crippen LogP contribution in [0.5, 0.6) is 0 Å². The van der Waals surface area contributed by atoms with E-state index in [4.69, 9.17) is 4.42 Å². The van der Waals surface area contributed by atoms with Gasteiger partial charge < -0.3 is 9.32 Å². The largest absolute Gasteiger partial charge is 0.450 e. The first-order valence-corrected chi connectivity index (χ1v) is 10.3. The van der Waals surface area contributed by atoms with Crippen molar-refractivity contribution >= 4 is 22.6 Å². The highest BCUT2D eigenvalue weighted by atomic mass is 16.3. The summed E-state index contributed by atoms with van der Waals surface area (Å²) >= 11 is 0. The molecule has 4 heteroatoms. The van der Waals surface area contributed by atoms with Gasteiger partial charge in [-0.3, -0.25) is 9.69 Å². The molecule has 1 fully saturated rings. The zero-order valence-corrected chi connectivity index (χ0v) is 16.6. The third kappa shape index (κ3) is 2.75. The number of hydrogen-bond acceptors (Lipinski definition) is 3. The number of rotatable bonds is 3. The van der Waals surface area contributed by atoms with Gasteiger partial charge in [0.15, 0.2) is 5.76 Å². The van der Waals surface area contributed by atoms with E-state index in [1.165, 1.54) is 37.1 Å². The summed E-state index contributed by atoms with van der Waals surface area (Å²) in [6, 6.07) is 12.5. The average Bonchev–Trinajstić information content (AvgIpc) is 3.42. The van der Waals surface area contributed by atoms with E-state index >= 15 is 0 Å². The predicted octanol–water partition coefficient (Wildman–Crippen LogP) is 4.85. The van der Waals surface area contributed by atoms with Crippen LogP contribution >= 0.6 is 0 Å². The molecule has 2 aliphatic heterocycles. The normalized spacial score (nSPS) is 16.9. The van der Waals surface area contributed by atoms with Crippen molar-refractivity contribution in [1.29, 1.82) is 0 Å². The molecule has 0 radical (unpaired) electrons. The number of aryl methyl sites for hydroxylation is 2. The van der Waals surface area contributed by atoms with E-state index in [0.29, 0.717) is 5.76 Å². The topological polar surface area (TPSA) is 36.7 Å². The lowest BCUT2D eigenvalue weighted by molar-refractivity contribution is 0.0964. The number of carbonyl (C=O) groups is 1. The lowest BCUT2D eigenvalue weighted by Gasteiger charge is -2.19. The van der Waals surface area contributed by atoms with Gasteiger partial charge in [0.05, 0.1) is 0 Å². The highest BCUT2D eigenvalue weighted by Crippen LogP contribution is 2.35. The summed E-state index contributed by atoms with van der Waals surface area (Å²) < 4.78 is 6.06. The Bertz CT molecular complexity index is 1060. The Morgan fingerprint density at radius 2 is 1.82 bits per heavy atom. The van der Waals surface area contributed by atoms with Crippen LogP contribution < -0.4 is 4.90 Å². The number of para-hydroxylation sites is 1. The van der Waals surface area contributed by atoms with E-state index in [9.17, 15) is 4.79 Å². The number of carbonyl (C=O) groups excluding carboxylic acids is 1. The van der Waals surface area contributed by atoms with Crippen LogP contribution in [0.3, 0.4) is 0 Å². The van der Waals surface area contributed by atoms with Crippen molar-refractivity contribution in [1.82, 2.24) is 4.90 Å². The van der Waals surface area contributed by atoms with Crippen LogP contribution in [0.4, 0.5) is 5.69 Å². The number of nitrogens with zero attached hydrogens (tertiary/aromatic N) is 2. The standard InChI is InChI=1S/C24H26N2O2/c1-16-7-5-9-19-17(2)23(28-22(16)19)24(27)26-14-11-20-18(8-6-10-21(20)26)15-25-12-3-4-13-25/h5-10H,3-4,11-15H2,1-2H3. The van der Waals surface area contributed by atoms with Crippen LogP contribution in [-0.4, -0.2) is 30.4 Å². The molecule has 1 saturated heterocycles. The fraction of sp³-hybridized carbons (Fsp3) is 0.375. The summed E-state index contributed by atoms with van der Waals surface area (Å²) in [6.07, 6.45) is 3.51. The Morgan fingerprint density at radius 3 is 2.61 bits per heavy atom. The number of hydrogen-bond donors (Lipinski definition) is 0. The maximum atomic E-state index is 13.4. The predicted molar refractivity (Wildman–Crippen MR) is 112 cm³/mol. The van der Waals surface area contributed by atoms with Crippen molar-refractivity contribution in [3.8, 4) is 0 Å². The molecule has 28 heavy (non-hydrogen) atoms. The number of amides is 1. The molecule has 0 unspecified atom stereocenters. The molecule has 2 aliphatic rings. The molecule has 3 aromatic rings. The smallest absolute Gasteiger partial charge is 0.294 e. The lowest BCUT2D eigenvalue weighted by atomic mass is 10.0. The lowest BCUT2D eigenvalue weighted by Crippen LogP contribution is -2.29. The number of fused-ring (bicyclic) bond motifs is 2. The highest BCUT2D eigenvalue weighted by molar-refractivity contribution is 6.09. The van der Waals surface area contributed by atoms with Gasteiger partial charge in [-0.15, -0.1) is 0 Å². The molecular formula is C24H26N2O2. The van der Waals surface area contributed by atoms with Crippen molar-refractivity contribution in [2.75, 3.05) is 24.5 Å². The average molecular weight is 374 g/mol. The quantitative estimate of drug-likeness (QED) is 0.658. The SMILES string of the molecule is Cc1c(C(=O)N2CCc3c(CN4CCCC4)cccc32)oc2c(C)cccc12. The first kappa shape index (κ1) is 17.5. The Hall–Kier alpha value is -2.59. The molecule has 0 spiro atoms. The van der Waals surface area contributed by atoms with Crippen LogP contribution in [0, 0.1) is 13.8 Å². The van der Waals surface area contributed by atoms with E-state index in [1.54, 1.807) is 0 Å². The summed E-state index contributed by atoms with van der Waals surface area (Å²) in [5.74, 6) is 0.451. The first-order chi connectivity index (χ1) is 13.6. The van der Waals surface area contributed by atoms with E-state index in [2.05, 4.69) is 23.1 Å². The Morgan fingerprint density at radius 1 is 1.04 bits per heavy atom. The van der Waals surface area contributed by atoms with Crippen molar-refractivity contribution in [2.24, 2.45) is 0 Å². The third-order valence-electron chi connectivity index (χ3n) is 6.32. The molecular weight excluding hydrogens is 348 g/mol. The highest BCUT2D eigenvalue weighted by Gasteiger charge is 2.31. The van der Waals surface area contributed by atoms with E-state index in [0.717, 1.165) is 47.3 Å². The number of anilines is 1. The summed E-state index contributed by atoms with van der Waals surface area (Å²) in [4.78, 5) is 17.8.